The largest absolute Gasteiger partial charge is 0.395 e. The Morgan fingerprint density at radius 3 is 1.68 bits per heavy atom. The zero-order valence-corrected chi connectivity index (χ0v) is 15.2. The molecule has 0 aromatic heterocycles. The molecule has 0 saturated carbocycles. The first kappa shape index (κ1) is 21.6. The van der Waals surface area contributed by atoms with E-state index in [4.69, 9.17) is 5.11 Å². The summed E-state index contributed by atoms with van der Waals surface area (Å²) < 4.78 is 22.6. The van der Waals surface area contributed by atoms with Crippen LogP contribution in [0.5, 0.6) is 0 Å². The average molecular weight is 333 g/mol. The van der Waals surface area contributed by atoms with Crippen molar-refractivity contribution >= 4 is 9.84 Å². The minimum atomic E-state index is -3.18. The molecule has 4 heteroatoms. The summed E-state index contributed by atoms with van der Waals surface area (Å²) in [6.07, 6.45) is 18.3. The monoisotopic (exact) mass is 332 g/mol. The minimum absolute atomic E-state index is 0.165. The number of hydrogen-bond donors (Lipinski definition) is 1. The molecule has 0 aliphatic rings. The van der Waals surface area contributed by atoms with Crippen LogP contribution in [0.3, 0.4) is 0 Å². The zero-order chi connectivity index (χ0) is 16.5. The topological polar surface area (TPSA) is 54.4 Å². The van der Waals surface area contributed by atoms with Crippen LogP contribution in [0.15, 0.2) is 11.5 Å². The molecule has 0 fully saturated rings. The van der Waals surface area contributed by atoms with Gasteiger partial charge in [0.2, 0.25) is 0 Å². The standard InChI is InChI=1S/C18H36O3S/c1-2-3-4-5-6-7-8-9-10-11-12-13-14-15-17-22(20,21)18-16-19/h15,17,19H,2-14,16,18H2,1H3. The second kappa shape index (κ2) is 15.5. The first-order valence-electron chi connectivity index (χ1n) is 9.12. The number of hydrogen-bond acceptors (Lipinski definition) is 3. The molecule has 0 spiro atoms. The van der Waals surface area contributed by atoms with Gasteiger partial charge in [0.15, 0.2) is 9.84 Å². The van der Waals surface area contributed by atoms with Gasteiger partial charge in [-0.05, 0) is 12.8 Å². The van der Waals surface area contributed by atoms with Crippen molar-refractivity contribution in [2.45, 2.75) is 90.4 Å². The summed E-state index contributed by atoms with van der Waals surface area (Å²) in [6.45, 7) is 1.95. The highest BCUT2D eigenvalue weighted by molar-refractivity contribution is 7.94. The van der Waals surface area contributed by atoms with E-state index in [2.05, 4.69) is 6.92 Å². The average Bonchev–Trinajstić information content (AvgIpc) is 2.47. The number of allylic oxidation sites excluding steroid dienone is 1. The fourth-order valence-electron chi connectivity index (χ4n) is 2.51. The van der Waals surface area contributed by atoms with Gasteiger partial charge in [0.1, 0.15) is 0 Å². The maximum absolute atomic E-state index is 11.3. The van der Waals surface area contributed by atoms with E-state index in [0.717, 1.165) is 12.8 Å². The van der Waals surface area contributed by atoms with Crippen LogP contribution in [-0.4, -0.2) is 25.9 Å². The summed E-state index contributed by atoms with van der Waals surface area (Å²) in [5.74, 6) is -0.165. The SMILES string of the molecule is CCCCCCCCCCCCCCC=CS(=O)(=O)CCO. The van der Waals surface area contributed by atoms with E-state index < -0.39 is 9.84 Å². The fraction of sp³-hybridized carbons (Fsp3) is 0.889. The van der Waals surface area contributed by atoms with Crippen LogP contribution in [0.2, 0.25) is 0 Å². The Hall–Kier alpha value is -0.350. The molecule has 22 heavy (non-hydrogen) atoms. The van der Waals surface area contributed by atoms with E-state index in [9.17, 15) is 8.42 Å². The van der Waals surface area contributed by atoms with E-state index in [1.54, 1.807) is 6.08 Å². The Morgan fingerprint density at radius 1 is 0.773 bits per heavy atom. The smallest absolute Gasteiger partial charge is 0.173 e. The Labute approximate surface area is 138 Å². The van der Waals surface area contributed by atoms with Gasteiger partial charge in [0, 0.05) is 5.41 Å². The maximum Gasteiger partial charge on any atom is 0.173 e. The lowest BCUT2D eigenvalue weighted by Gasteiger charge is -2.02. The third-order valence-electron chi connectivity index (χ3n) is 3.90. The molecule has 0 amide bonds. The third kappa shape index (κ3) is 16.0. The van der Waals surface area contributed by atoms with Crippen molar-refractivity contribution in [1.29, 1.82) is 0 Å². The molecular weight excluding hydrogens is 296 g/mol. The molecule has 0 atom stereocenters. The van der Waals surface area contributed by atoms with Crippen LogP contribution in [0.4, 0.5) is 0 Å². The van der Waals surface area contributed by atoms with E-state index in [-0.39, 0.29) is 12.4 Å². The van der Waals surface area contributed by atoms with Gasteiger partial charge in [-0.2, -0.15) is 0 Å². The predicted octanol–water partition coefficient (Wildman–Crippen LogP) is 5.00. The van der Waals surface area contributed by atoms with Crippen molar-refractivity contribution in [3.63, 3.8) is 0 Å². The predicted molar refractivity (Wildman–Crippen MR) is 95.7 cm³/mol. The van der Waals surface area contributed by atoms with Crippen LogP contribution in [-0.2, 0) is 9.84 Å². The van der Waals surface area contributed by atoms with Gasteiger partial charge >= 0.3 is 0 Å². The van der Waals surface area contributed by atoms with Gasteiger partial charge in [-0.25, -0.2) is 8.42 Å². The first-order valence-corrected chi connectivity index (χ1v) is 10.8. The zero-order valence-electron chi connectivity index (χ0n) is 14.4. The van der Waals surface area contributed by atoms with Crippen LogP contribution in [0.1, 0.15) is 90.4 Å². The molecule has 0 bridgehead atoms. The van der Waals surface area contributed by atoms with E-state index in [1.165, 1.54) is 76.0 Å². The molecule has 0 aromatic carbocycles. The lowest BCUT2D eigenvalue weighted by atomic mass is 10.0. The highest BCUT2D eigenvalue weighted by Gasteiger charge is 2.02. The number of aliphatic hydroxyl groups excluding tert-OH is 1. The normalized spacial score (nSPS) is 12.3. The summed E-state index contributed by atoms with van der Waals surface area (Å²) >= 11 is 0. The second-order valence-corrected chi connectivity index (χ2v) is 8.15. The molecular formula is C18H36O3S. The Kier molecular flexibility index (Phi) is 15.3. The van der Waals surface area contributed by atoms with Crippen LogP contribution >= 0.6 is 0 Å². The van der Waals surface area contributed by atoms with E-state index in [0.29, 0.717) is 0 Å². The lowest BCUT2D eigenvalue weighted by Crippen LogP contribution is -2.05. The van der Waals surface area contributed by atoms with Crippen molar-refractivity contribution in [2.24, 2.45) is 0 Å². The Balaban J connectivity index is 3.25. The van der Waals surface area contributed by atoms with Crippen molar-refractivity contribution in [3.8, 4) is 0 Å². The van der Waals surface area contributed by atoms with Crippen LogP contribution < -0.4 is 0 Å². The summed E-state index contributed by atoms with van der Waals surface area (Å²) in [4.78, 5) is 0. The number of aliphatic hydroxyl groups is 1. The maximum atomic E-state index is 11.3. The molecule has 0 radical (unpaired) electrons. The fourth-order valence-corrected chi connectivity index (χ4v) is 3.33. The third-order valence-corrected chi connectivity index (χ3v) is 5.26. The summed E-state index contributed by atoms with van der Waals surface area (Å²) in [5, 5.41) is 9.86. The molecule has 0 saturated heterocycles. The number of sulfone groups is 1. The van der Waals surface area contributed by atoms with E-state index >= 15 is 0 Å². The first-order chi connectivity index (χ1) is 10.6. The van der Waals surface area contributed by atoms with Gasteiger partial charge in [-0.1, -0.05) is 83.6 Å². The second-order valence-electron chi connectivity index (χ2n) is 6.14. The summed E-state index contributed by atoms with van der Waals surface area (Å²) in [6, 6.07) is 0. The van der Waals surface area contributed by atoms with Crippen molar-refractivity contribution < 1.29 is 13.5 Å². The van der Waals surface area contributed by atoms with Crippen molar-refractivity contribution in [2.75, 3.05) is 12.4 Å². The van der Waals surface area contributed by atoms with Gasteiger partial charge in [-0.3, -0.25) is 0 Å². The van der Waals surface area contributed by atoms with E-state index in [1.807, 2.05) is 0 Å². The van der Waals surface area contributed by atoms with Crippen molar-refractivity contribution in [1.82, 2.24) is 0 Å². The number of rotatable bonds is 16. The summed E-state index contributed by atoms with van der Waals surface area (Å²) in [5.41, 5.74) is 0. The Morgan fingerprint density at radius 2 is 1.23 bits per heavy atom. The van der Waals surface area contributed by atoms with Gasteiger partial charge < -0.3 is 5.11 Å². The van der Waals surface area contributed by atoms with Crippen molar-refractivity contribution in [3.05, 3.63) is 11.5 Å². The summed E-state index contributed by atoms with van der Waals surface area (Å²) in [7, 11) is -3.18. The van der Waals surface area contributed by atoms with Gasteiger partial charge in [-0.15, -0.1) is 0 Å². The molecule has 0 unspecified atom stereocenters. The molecule has 132 valence electrons. The highest BCUT2D eigenvalue weighted by atomic mass is 32.2. The number of unbranched alkanes of at least 4 members (excludes halogenated alkanes) is 12. The lowest BCUT2D eigenvalue weighted by molar-refractivity contribution is 0.320. The molecule has 0 aliphatic carbocycles. The van der Waals surface area contributed by atoms with Gasteiger partial charge in [0.05, 0.1) is 12.4 Å². The molecule has 0 rings (SSSR count). The van der Waals surface area contributed by atoms with Crippen LogP contribution in [0, 0.1) is 0 Å². The molecule has 1 N–H and O–H groups in total. The molecule has 0 aliphatic heterocycles. The van der Waals surface area contributed by atoms with Gasteiger partial charge in [0.25, 0.3) is 0 Å². The minimum Gasteiger partial charge on any atom is -0.395 e. The Bertz CT molecular complexity index is 347. The molecule has 0 aromatic rings. The van der Waals surface area contributed by atoms with Crippen LogP contribution in [0.25, 0.3) is 0 Å². The molecule has 0 heterocycles. The highest BCUT2D eigenvalue weighted by Crippen LogP contribution is 2.12. The quantitative estimate of drug-likeness (QED) is 0.405. The molecule has 3 nitrogen and oxygen atoms in total.